The second-order valence-electron chi connectivity index (χ2n) is 4.67. The minimum Gasteiger partial charge on any atom is -0.444 e. The van der Waals surface area contributed by atoms with E-state index in [0.717, 1.165) is 5.70 Å². The number of carbonyl (C=O) groups is 1. The second-order valence-corrected chi connectivity index (χ2v) is 4.67. The number of amides is 1. The van der Waals surface area contributed by atoms with Crippen LogP contribution in [0.25, 0.3) is 0 Å². The maximum absolute atomic E-state index is 11.4. The van der Waals surface area contributed by atoms with Gasteiger partial charge in [0.05, 0.1) is 6.54 Å². The zero-order valence-electron chi connectivity index (χ0n) is 11.0. The van der Waals surface area contributed by atoms with E-state index in [2.05, 4.69) is 10.6 Å². The topological polar surface area (TPSA) is 53.6 Å². The Morgan fingerprint density at radius 1 is 1.38 bits per heavy atom. The Morgan fingerprint density at radius 3 is 2.31 bits per heavy atom. The predicted octanol–water partition coefficient (Wildman–Crippen LogP) is 1.13. The van der Waals surface area contributed by atoms with Crippen molar-refractivity contribution in [2.24, 2.45) is 0 Å². The highest BCUT2D eigenvalue weighted by Crippen LogP contribution is 2.06. The van der Waals surface area contributed by atoms with Crippen molar-refractivity contribution in [2.75, 3.05) is 27.7 Å². The highest BCUT2D eigenvalue weighted by Gasteiger charge is 2.16. The summed E-state index contributed by atoms with van der Waals surface area (Å²) in [5.41, 5.74) is 0.503. The fourth-order valence-electron chi connectivity index (χ4n) is 0.982. The molecule has 0 radical (unpaired) electrons. The number of ether oxygens (including phenoxy) is 1. The van der Waals surface area contributed by atoms with Gasteiger partial charge in [-0.1, -0.05) is 0 Å². The predicted molar refractivity (Wildman–Crippen MR) is 65.1 cm³/mol. The van der Waals surface area contributed by atoms with Crippen molar-refractivity contribution in [3.8, 4) is 0 Å². The summed E-state index contributed by atoms with van der Waals surface area (Å²) in [7, 11) is 5.65. The quantitative estimate of drug-likeness (QED) is 0.759. The standard InChI is InChI=1S/C11H23N3O2/c1-11(2,3)16-10(15)13-8-9(7-12-4)14(5)6/h7,12H,8H2,1-6H3,(H,13,15)/b9-7-. The zero-order valence-corrected chi connectivity index (χ0v) is 11.0. The van der Waals surface area contributed by atoms with E-state index < -0.39 is 11.7 Å². The van der Waals surface area contributed by atoms with Gasteiger partial charge in [-0.15, -0.1) is 0 Å². The first-order valence-corrected chi connectivity index (χ1v) is 5.26. The first kappa shape index (κ1) is 14.6. The van der Waals surface area contributed by atoms with E-state index in [1.807, 2.05) is 53.0 Å². The third-order valence-corrected chi connectivity index (χ3v) is 1.70. The molecule has 0 fully saturated rings. The van der Waals surface area contributed by atoms with Crippen LogP contribution >= 0.6 is 0 Å². The lowest BCUT2D eigenvalue weighted by molar-refractivity contribution is 0.0530. The lowest BCUT2D eigenvalue weighted by Crippen LogP contribution is -2.35. The van der Waals surface area contributed by atoms with Crippen LogP contribution in [0.15, 0.2) is 11.9 Å². The minimum atomic E-state index is -0.463. The van der Waals surface area contributed by atoms with Crippen molar-refractivity contribution in [3.05, 3.63) is 11.9 Å². The van der Waals surface area contributed by atoms with Crippen molar-refractivity contribution in [3.63, 3.8) is 0 Å². The summed E-state index contributed by atoms with van der Waals surface area (Å²) in [4.78, 5) is 13.3. The molecule has 2 N–H and O–H groups in total. The van der Waals surface area contributed by atoms with Crippen LogP contribution in [-0.2, 0) is 4.74 Å². The van der Waals surface area contributed by atoms with Crippen molar-refractivity contribution in [1.29, 1.82) is 0 Å². The third kappa shape index (κ3) is 6.98. The Balaban J connectivity index is 4.13. The average Bonchev–Trinajstić information content (AvgIpc) is 2.08. The molecule has 0 aliphatic heterocycles. The Labute approximate surface area is 97.8 Å². The van der Waals surface area contributed by atoms with Crippen LogP contribution in [0, 0.1) is 0 Å². The van der Waals surface area contributed by atoms with E-state index in [0.29, 0.717) is 6.54 Å². The van der Waals surface area contributed by atoms with Gasteiger partial charge in [0, 0.05) is 33.0 Å². The van der Waals surface area contributed by atoms with Crippen molar-refractivity contribution in [1.82, 2.24) is 15.5 Å². The number of alkyl carbamates (subject to hydrolysis) is 1. The van der Waals surface area contributed by atoms with Gasteiger partial charge in [0.15, 0.2) is 0 Å². The highest BCUT2D eigenvalue weighted by molar-refractivity contribution is 5.67. The normalized spacial score (nSPS) is 12.0. The third-order valence-electron chi connectivity index (χ3n) is 1.70. The van der Waals surface area contributed by atoms with Gasteiger partial charge in [-0.25, -0.2) is 4.79 Å². The van der Waals surface area contributed by atoms with E-state index in [-0.39, 0.29) is 0 Å². The Kier molecular flexibility index (Phi) is 5.71. The van der Waals surface area contributed by atoms with Crippen molar-refractivity contribution < 1.29 is 9.53 Å². The van der Waals surface area contributed by atoms with Crippen LogP contribution in [0.5, 0.6) is 0 Å². The molecule has 0 aromatic rings. The highest BCUT2D eigenvalue weighted by atomic mass is 16.6. The first-order valence-electron chi connectivity index (χ1n) is 5.26. The Morgan fingerprint density at radius 2 is 1.94 bits per heavy atom. The van der Waals surface area contributed by atoms with E-state index in [1.165, 1.54) is 0 Å². The molecule has 0 spiro atoms. The van der Waals surface area contributed by atoms with Crippen molar-refractivity contribution >= 4 is 6.09 Å². The number of nitrogens with zero attached hydrogens (tertiary/aromatic N) is 1. The summed E-state index contributed by atoms with van der Waals surface area (Å²) in [5.74, 6) is 0. The summed E-state index contributed by atoms with van der Waals surface area (Å²) in [5, 5.41) is 5.62. The maximum atomic E-state index is 11.4. The van der Waals surface area contributed by atoms with Crippen LogP contribution in [0.2, 0.25) is 0 Å². The molecule has 16 heavy (non-hydrogen) atoms. The molecule has 0 aromatic carbocycles. The lowest BCUT2D eigenvalue weighted by atomic mass is 10.2. The summed E-state index contributed by atoms with van der Waals surface area (Å²) in [6, 6.07) is 0. The first-order chi connectivity index (χ1) is 7.26. The monoisotopic (exact) mass is 229 g/mol. The smallest absolute Gasteiger partial charge is 0.407 e. The van der Waals surface area contributed by atoms with Crippen LogP contribution in [0.1, 0.15) is 20.8 Å². The van der Waals surface area contributed by atoms with Gasteiger partial charge in [-0.2, -0.15) is 0 Å². The maximum Gasteiger partial charge on any atom is 0.407 e. The molecule has 0 saturated heterocycles. The minimum absolute atomic E-state index is 0.406. The van der Waals surface area contributed by atoms with Gasteiger partial charge < -0.3 is 20.3 Å². The molecular formula is C11H23N3O2. The molecule has 0 atom stereocenters. The molecule has 0 saturated carbocycles. The molecule has 0 aliphatic rings. The molecule has 0 rings (SSSR count). The molecule has 94 valence electrons. The number of rotatable bonds is 4. The summed E-state index contributed by atoms with van der Waals surface area (Å²) < 4.78 is 5.13. The van der Waals surface area contributed by atoms with Gasteiger partial charge >= 0.3 is 6.09 Å². The molecular weight excluding hydrogens is 206 g/mol. The fraction of sp³-hybridized carbons (Fsp3) is 0.727. The van der Waals surface area contributed by atoms with Crippen LogP contribution in [-0.4, -0.2) is 44.3 Å². The average molecular weight is 229 g/mol. The largest absolute Gasteiger partial charge is 0.444 e. The molecule has 0 aliphatic carbocycles. The summed E-state index contributed by atoms with van der Waals surface area (Å²) in [6.07, 6.45) is 1.42. The molecule has 0 bridgehead atoms. The number of nitrogens with one attached hydrogen (secondary N) is 2. The summed E-state index contributed by atoms with van der Waals surface area (Å²) in [6.45, 7) is 5.94. The van der Waals surface area contributed by atoms with E-state index in [9.17, 15) is 4.79 Å². The van der Waals surface area contributed by atoms with E-state index in [4.69, 9.17) is 4.74 Å². The number of likely N-dealkylation sites (N-methyl/N-ethyl adjacent to an activating group) is 1. The van der Waals surface area contributed by atoms with Crippen LogP contribution in [0.4, 0.5) is 4.79 Å². The van der Waals surface area contributed by atoms with Gasteiger partial charge in [-0.05, 0) is 20.8 Å². The second kappa shape index (κ2) is 6.25. The van der Waals surface area contributed by atoms with E-state index in [1.54, 1.807) is 0 Å². The Bertz CT molecular complexity index is 254. The SMILES string of the molecule is CN/C=C(/CNC(=O)OC(C)(C)C)N(C)C. The Hall–Kier alpha value is -1.39. The van der Waals surface area contributed by atoms with Crippen LogP contribution < -0.4 is 10.6 Å². The molecule has 0 aromatic heterocycles. The molecule has 0 unspecified atom stereocenters. The van der Waals surface area contributed by atoms with Crippen LogP contribution in [0.3, 0.4) is 0 Å². The summed E-state index contributed by atoms with van der Waals surface area (Å²) >= 11 is 0. The van der Waals surface area contributed by atoms with Gasteiger partial charge in [0.25, 0.3) is 0 Å². The van der Waals surface area contributed by atoms with Crippen molar-refractivity contribution in [2.45, 2.75) is 26.4 Å². The number of carbonyl (C=O) groups excluding carboxylic acids is 1. The molecule has 5 nitrogen and oxygen atoms in total. The van der Waals surface area contributed by atoms with Gasteiger partial charge in [0.2, 0.25) is 0 Å². The number of hydrogen-bond acceptors (Lipinski definition) is 4. The fourth-order valence-corrected chi connectivity index (χ4v) is 0.982. The molecule has 0 heterocycles. The number of hydrogen-bond donors (Lipinski definition) is 2. The molecule has 5 heteroatoms. The zero-order chi connectivity index (χ0) is 12.8. The van der Waals surface area contributed by atoms with Gasteiger partial charge in [0.1, 0.15) is 5.60 Å². The lowest BCUT2D eigenvalue weighted by Gasteiger charge is -2.21. The molecule has 1 amide bonds. The van der Waals surface area contributed by atoms with E-state index >= 15 is 0 Å². The van der Waals surface area contributed by atoms with Gasteiger partial charge in [-0.3, -0.25) is 0 Å².